The van der Waals surface area contributed by atoms with E-state index in [1.807, 2.05) is 6.08 Å². The summed E-state index contributed by atoms with van der Waals surface area (Å²) in [6.07, 6.45) is 86.5. The van der Waals surface area contributed by atoms with E-state index in [1.54, 1.807) is 6.08 Å². The maximum Gasteiger partial charge on any atom is 0.220 e. The normalized spacial score (nSPS) is 12.9. The number of unbranched alkanes of at least 4 members (excludes halogenated alkanes) is 50. The summed E-state index contributed by atoms with van der Waals surface area (Å²) < 4.78 is 0. The molecule has 0 bridgehead atoms. The third-order valence-electron chi connectivity index (χ3n) is 15.4. The molecular formula is C67H129NO3. The Hall–Kier alpha value is -1.39. The fourth-order valence-electron chi connectivity index (χ4n) is 10.4. The van der Waals surface area contributed by atoms with Crippen molar-refractivity contribution in [3.8, 4) is 0 Å². The summed E-state index contributed by atoms with van der Waals surface area (Å²) in [5.74, 6) is -0.0701. The van der Waals surface area contributed by atoms with Gasteiger partial charge >= 0.3 is 0 Å². The second-order valence-corrected chi connectivity index (χ2v) is 22.5. The minimum absolute atomic E-state index is 0.0701. The SMILES string of the molecule is CCCCCCCCCCCCCCCCCCCC/C=C/CC/C=C/CC/C=C/C(O)C(CO)NC(=O)CCCCCCCCCCCCCCCCCCCCCCCCCCCCCCCCC. The van der Waals surface area contributed by atoms with Crippen LogP contribution in [0, 0.1) is 0 Å². The highest BCUT2D eigenvalue weighted by Crippen LogP contribution is 2.19. The van der Waals surface area contributed by atoms with Gasteiger partial charge in [0.1, 0.15) is 0 Å². The fraction of sp³-hybridized carbons (Fsp3) is 0.896. The Morgan fingerprint density at radius 1 is 0.324 bits per heavy atom. The van der Waals surface area contributed by atoms with Crippen molar-refractivity contribution in [2.75, 3.05) is 6.61 Å². The van der Waals surface area contributed by atoms with Crippen molar-refractivity contribution >= 4 is 5.91 Å². The van der Waals surface area contributed by atoms with E-state index in [9.17, 15) is 15.0 Å². The Balaban J connectivity index is 3.47. The maximum absolute atomic E-state index is 12.5. The first-order chi connectivity index (χ1) is 35.2. The highest BCUT2D eigenvalue weighted by atomic mass is 16.3. The summed E-state index contributed by atoms with van der Waals surface area (Å²) >= 11 is 0. The lowest BCUT2D eigenvalue weighted by Gasteiger charge is -2.19. The van der Waals surface area contributed by atoms with Gasteiger partial charge in [-0.2, -0.15) is 0 Å². The van der Waals surface area contributed by atoms with Crippen LogP contribution >= 0.6 is 0 Å². The van der Waals surface area contributed by atoms with Crippen LogP contribution in [0.15, 0.2) is 36.5 Å². The molecule has 0 saturated carbocycles. The number of hydrogen-bond donors (Lipinski definition) is 3. The first kappa shape index (κ1) is 69.6. The number of rotatable bonds is 61. The maximum atomic E-state index is 12.5. The molecular weight excluding hydrogens is 867 g/mol. The lowest BCUT2D eigenvalue weighted by molar-refractivity contribution is -0.123. The molecule has 71 heavy (non-hydrogen) atoms. The van der Waals surface area contributed by atoms with Crippen LogP contribution in [0.4, 0.5) is 0 Å². The quantitative estimate of drug-likeness (QED) is 0.0420. The molecule has 4 heteroatoms. The van der Waals surface area contributed by atoms with Crippen molar-refractivity contribution in [3.05, 3.63) is 36.5 Å². The van der Waals surface area contributed by atoms with E-state index in [0.717, 1.165) is 38.5 Å². The number of amides is 1. The predicted octanol–water partition coefficient (Wildman–Crippen LogP) is 22.0. The van der Waals surface area contributed by atoms with Gasteiger partial charge in [0.2, 0.25) is 5.91 Å². The molecule has 0 aliphatic carbocycles. The van der Waals surface area contributed by atoms with Gasteiger partial charge in [-0.15, -0.1) is 0 Å². The van der Waals surface area contributed by atoms with Crippen LogP contribution in [0.25, 0.3) is 0 Å². The van der Waals surface area contributed by atoms with Crippen molar-refractivity contribution in [2.24, 2.45) is 0 Å². The molecule has 0 aromatic heterocycles. The fourth-order valence-corrected chi connectivity index (χ4v) is 10.4. The molecule has 2 unspecified atom stereocenters. The van der Waals surface area contributed by atoms with E-state index in [4.69, 9.17) is 0 Å². The monoisotopic (exact) mass is 996 g/mol. The van der Waals surface area contributed by atoms with E-state index in [2.05, 4.69) is 43.5 Å². The molecule has 0 aliphatic rings. The lowest BCUT2D eigenvalue weighted by atomic mass is 10.0. The van der Waals surface area contributed by atoms with Crippen LogP contribution in [-0.4, -0.2) is 34.9 Å². The molecule has 0 radical (unpaired) electrons. The molecule has 3 N–H and O–H groups in total. The number of aliphatic hydroxyl groups excluding tert-OH is 2. The van der Waals surface area contributed by atoms with Crippen molar-refractivity contribution in [1.29, 1.82) is 0 Å². The summed E-state index contributed by atoms with van der Waals surface area (Å²) in [4.78, 5) is 12.5. The van der Waals surface area contributed by atoms with Gasteiger partial charge in [0.25, 0.3) is 0 Å². The molecule has 1 amide bonds. The molecule has 0 aliphatic heterocycles. The van der Waals surface area contributed by atoms with Crippen LogP contribution in [-0.2, 0) is 4.79 Å². The Morgan fingerprint density at radius 3 is 0.817 bits per heavy atom. The third-order valence-corrected chi connectivity index (χ3v) is 15.4. The van der Waals surface area contributed by atoms with Gasteiger partial charge in [0.05, 0.1) is 18.8 Å². The average molecular weight is 997 g/mol. The van der Waals surface area contributed by atoms with Crippen molar-refractivity contribution in [2.45, 2.75) is 379 Å². The lowest BCUT2D eigenvalue weighted by Crippen LogP contribution is -2.45. The van der Waals surface area contributed by atoms with Gasteiger partial charge in [0.15, 0.2) is 0 Å². The van der Waals surface area contributed by atoms with Crippen LogP contribution in [0.3, 0.4) is 0 Å². The van der Waals surface area contributed by atoms with Crippen molar-refractivity contribution in [3.63, 3.8) is 0 Å². The van der Waals surface area contributed by atoms with Gasteiger partial charge in [-0.3, -0.25) is 4.79 Å². The molecule has 0 heterocycles. The molecule has 420 valence electrons. The first-order valence-corrected chi connectivity index (χ1v) is 32.7. The minimum Gasteiger partial charge on any atom is -0.394 e. The molecule has 0 fully saturated rings. The summed E-state index contributed by atoms with van der Waals surface area (Å²) in [5, 5.41) is 23.2. The third kappa shape index (κ3) is 59.4. The summed E-state index contributed by atoms with van der Waals surface area (Å²) in [6.45, 7) is 4.34. The zero-order valence-electron chi connectivity index (χ0n) is 48.5. The summed E-state index contributed by atoms with van der Waals surface area (Å²) in [5.41, 5.74) is 0. The molecule has 0 rings (SSSR count). The van der Waals surface area contributed by atoms with Gasteiger partial charge in [-0.25, -0.2) is 0 Å². The zero-order chi connectivity index (χ0) is 51.3. The van der Waals surface area contributed by atoms with Crippen LogP contribution in [0.1, 0.15) is 367 Å². The van der Waals surface area contributed by atoms with E-state index in [-0.39, 0.29) is 12.5 Å². The second-order valence-electron chi connectivity index (χ2n) is 22.5. The molecule has 0 aromatic rings. The van der Waals surface area contributed by atoms with E-state index >= 15 is 0 Å². The largest absolute Gasteiger partial charge is 0.394 e. The smallest absolute Gasteiger partial charge is 0.220 e. The number of allylic oxidation sites excluding steroid dienone is 5. The highest BCUT2D eigenvalue weighted by Gasteiger charge is 2.18. The first-order valence-electron chi connectivity index (χ1n) is 32.7. The Bertz CT molecular complexity index is 1080. The second kappa shape index (κ2) is 62.9. The van der Waals surface area contributed by atoms with E-state index < -0.39 is 12.1 Å². The number of carbonyl (C=O) groups excluding carboxylic acids is 1. The van der Waals surface area contributed by atoms with Crippen LogP contribution in [0.5, 0.6) is 0 Å². The highest BCUT2D eigenvalue weighted by molar-refractivity contribution is 5.76. The van der Waals surface area contributed by atoms with Crippen molar-refractivity contribution in [1.82, 2.24) is 5.32 Å². The van der Waals surface area contributed by atoms with E-state index in [1.165, 1.54) is 308 Å². The Kier molecular flexibility index (Phi) is 61.7. The Labute approximate surface area is 446 Å². The number of hydrogen-bond acceptors (Lipinski definition) is 3. The zero-order valence-corrected chi connectivity index (χ0v) is 48.5. The summed E-state index contributed by atoms with van der Waals surface area (Å²) in [7, 11) is 0. The van der Waals surface area contributed by atoms with Crippen LogP contribution < -0.4 is 5.32 Å². The van der Waals surface area contributed by atoms with Gasteiger partial charge in [-0.1, -0.05) is 352 Å². The van der Waals surface area contributed by atoms with E-state index in [0.29, 0.717) is 6.42 Å². The molecule has 0 saturated heterocycles. The summed E-state index contributed by atoms with van der Waals surface area (Å²) in [6, 6.07) is -0.645. The van der Waals surface area contributed by atoms with Crippen molar-refractivity contribution < 1.29 is 15.0 Å². The number of nitrogens with one attached hydrogen (secondary N) is 1. The topological polar surface area (TPSA) is 69.6 Å². The molecule has 0 spiro atoms. The standard InChI is InChI=1S/C67H129NO3/c1-3-5-7-9-11-13-15-17-19-21-23-25-27-29-31-33-34-35-37-39-41-43-45-47-49-51-53-55-57-59-61-63-67(71)68-65(64-69)66(70)62-60-58-56-54-52-50-48-46-44-42-40-38-36-32-30-28-26-24-22-20-18-16-14-12-10-8-6-4-2/h44,46,52,54,60,62,65-66,69-70H,3-43,45,47-51,53,55-59,61,63-64H2,1-2H3,(H,68,71)/b46-44+,54-52+,62-60+. The predicted molar refractivity (Wildman–Crippen MR) is 318 cm³/mol. The molecule has 4 nitrogen and oxygen atoms in total. The number of aliphatic hydroxyl groups is 2. The van der Waals surface area contributed by atoms with Gasteiger partial charge in [0, 0.05) is 6.42 Å². The molecule has 2 atom stereocenters. The molecule has 0 aromatic carbocycles. The Morgan fingerprint density at radius 2 is 0.549 bits per heavy atom. The van der Waals surface area contributed by atoms with Gasteiger partial charge in [-0.05, 0) is 44.9 Å². The number of carbonyl (C=O) groups is 1. The average Bonchev–Trinajstić information content (AvgIpc) is 3.37. The van der Waals surface area contributed by atoms with Gasteiger partial charge < -0.3 is 15.5 Å². The minimum atomic E-state index is -0.870. The van der Waals surface area contributed by atoms with Crippen LogP contribution in [0.2, 0.25) is 0 Å².